The van der Waals surface area contributed by atoms with Crippen LogP contribution in [-0.2, 0) is 6.54 Å². The van der Waals surface area contributed by atoms with E-state index in [1.807, 2.05) is 0 Å². The van der Waals surface area contributed by atoms with Crippen LogP contribution < -0.4 is 4.74 Å². The number of piperidine rings is 1. The number of methoxy groups -OCH3 is 1. The molecule has 0 aliphatic carbocycles. The molecular formula is C22H23F2N3O. The fourth-order valence-electron chi connectivity index (χ4n) is 3.93. The molecule has 146 valence electrons. The van der Waals surface area contributed by atoms with Crippen molar-refractivity contribution in [3.05, 3.63) is 71.6 Å². The van der Waals surface area contributed by atoms with E-state index in [1.165, 1.54) is 25.3 Å². The van der Waals surface area contributed by atoms with Gasteiger partial charge < -0.3 is 4.74 Å². The lowest BCUT2D eigenvalue weighted by atomic mass is 9.90. The Labute approximate surface area is 163 Å². The molecule has 0 bridgehead atoms. The SMILES string of the molecule is COc1ccc(CN2CCCC(c3[nH]ncc3-c3ccc(F)cc3)C2)c(F)c1. The maximum atomic E-state index is 14.3. The van der Waals surface area contributed by atoms with Crippen LogP contribution in [0.1, 0.15) is 30.0 Å². The highest BCUT2D eigenvalue weighted by Gasteiger charge is 2.25. The third-order valence-electron chi connectivity index (χ3n) is 5.39. The topological polar surface area (TPSA) is 41.1 Å². The summed E-state index contributed by atoms with van der Waals surface area (Å²) in [5.41, 5.74) is 3.68. The number of likely N-dealkylation sites (tertiary alicyclic amines) is 1. The van der Waals surface area contributed by atoms with Gasteiger partial charge in [-0.2, -0.15) is 5.10 Å². The van der Waals surface area contributed by atoms with E-state index in [-0.39, 0.29) is 17.6 Å². The van der Waals surface area contributed by atoms with Crippen LogP contribution in [0.15, 0.2) is 48.7 Å². The predicted octanol–water partition coefficient (Wildman–Crippen LogP) is 4.74. The van der Waals surface area contributed by atoms with Crippen LogP contribution in [0.2, 0.25) is 0 Å². The van der Waals surface area contributed by atoms with Crippen molar-refractivity contribution in [3.8, 4) is 16.9 Å². The Morgan fingerprint density at radius 1 is 1.18 bits per heavy atom. The molecular weight excluding hydrogens is 360 g/mol. The van der Waals surface area contributed by atoms with Gasteiger partial charge in [0.25, 0.3) is 0 Å². The summed E-state index contributed by atoms with van der Waals surface area (Å²) in [5, 5.41) is 7.37. The number of hydrogen-bond acceptors (Lipinski definition) is 3. The molecule has 1 atom stereocenters. The van der Waals surface area contributed by atoms with Crippen molar-refractivity contribution in [2.45, 2.75) is 25.3 Å². The summed E-state index contributed by atoms with van der Waals surface area (Å²) in [6.45, 7) is 2.32. The minimum atomic E-state index is -0.251. The first-order valence-corrected chi connectivity index (χ1v) is 9.48. The second-order valence-corrected chi connectivity index (χ2v) is 7.24. The minimum absolute atomic E-state index is 0.241. The summed E-state index contributed by atoms with van der Waals surface area (Å²) in [4.78, 5) is 2.27. The Morgan fingerprint density at radius 2 is 2.00 bits per heavy atom. The number of ether oxygens (including phenoxy) is 1. The summed E-state index contributed by atoms with van der Waals surface area (Å²) < 4.78 is 32.7. The fraction of sp³-hybridized carbons (Fsp3) is 0.318. The molecule has 1 unspecified atom stereocenters. The maximum Gasteiger partial charge on any atom is 0.131 e. The lowest BCUT2D eigenvalue weighted by molar-refractivity contribution is 0.196. The number of benzene rings is 2. The van der Waals surface area contributed by atoms with Gasteiger partial charge in [0.1, 0.15) is 17.4 Å². The Bertz CT molecular complexity index is 939. The van der Waals surface area contributed by atoms with Gasteiger partial charge in [-0.05, 0) is 43.1 Å². The summed E-state index contributed by atoms with van der Waals surface area (Å²) in [6.07, 6.45) is 3.87. The van der Waals surface area contributed by atoms with E-state index in [1.54, 1.807) is 30.5 Å². The molecule has 4 nitrogen and oxygen atoms in total. The van der Waals surface area contributed by atoms with Crippen molar-refractivity contribution in [3.63, 3.8) is 0 Å². The van der Waals surface area contributed by atoms with Gasteiger partial charge in [0, 0.05) is 41.9 Å². The number of aromatic amines is 1. The molecule has 1 N–H and O–H groups in total. The number of halogens is 2. The average Bonchev–Trinajstić information content (AvgIpc) is 3.20. The predicted molar refractivity (Wildman–Crippen MR) is 104 cm³/mol. The average molecular weight is 383 g/mol. The molecule has 0 saturated carbocycles. The van der Waals surface area contributed by atoms with Crippen LogP contribution in [0.25, 0.3) is 11.1 Å². The van der Waals surface area contributed by atoms with Crippen LogP contribution in [0.3, 0.4) is 0 Å². The number of aromatic nitrogens is 2. The molecule has 3 aromatic rings. The first-order chi connectivity index (χ1) is 13.6. The Morgan fingerprint density at radius 3 is 2.75 bits per heavy atom. The zero-order valence-electron chi connectivity index (χ0n) is 15.8. The summed E-state index contributed by atoms with van der Waals surface area (Å²) >= 11 is 0. The van der Waals surface area contributed by atoms with Gasteiger partial charge in [-0.3, -0.25) is 10.00 Å². The first kappa shape index (κ1) is 18.6. The van der Waals surface area contributed by atoms with Gasteiger partial charge in [-0.15, -0.1) is 0 Å². The largest absolute Gasteiger partial charge is 0.497 e. The normalized spacial score (nSPS) is 17.6. The summed E-state index contributed by atoms with van der Waals surface area (Å²) in [6, 6.07) is 11.5. The first-order valence-electron chi connectivity index (χ1n) is 9.48. The molecule has 2 aromatic carbocycles. The van der Waals surface area contributed by atoms with Gasteiger partial charge in [-0.25, -0.2) is 8.78 Å². The third kappa shape index (κ3) is 3.92. The van der Waals surface area contributed by atoms with Gasteiger partial charge >= 0.3 is 0 Å². The molecule has 1 saturated heterocycles. The van der Waals surface area contributed by atoms with E-state index in [0.717, 1.165) is 42.8 Å². The van der Waals surface area contributed by atoms with Crippen LogP contribution in [0, 0.1) is 11.6 Å². The Hall–Kier alpha value is -2.73. The van der Waals surface area contributed by atoms with Crippen molar-refractivity contribution in [2.24, 2.45) is 0 Å². The third-order valence-corrected chi connectivity index (χ3v) is 5.39. The zero-order valence-corrected chi connectivity index (χ0v) is 15.8. The number of nitrogens with one attached hydrogen (secondary N) is 1. The minimum Gasteiger partial charge on any atom is -0.497 e. The van der Waals surface area contributed by atoms with Crippen molar-refractivity contribution in [2.75, 3.05) is 20.2 Å². The molecule has 2 heterocycles. The molecule has 0 radical (unpaired) electrons. The van der Waals surface area contributed by atoms with Crippen LogP contribution in [-0.4, -0.2) is 35.3 Å². The van der Waals surface area contributed by atoms with Crippen molar-refractivity contribution >= 4 is 0 Å². The fourth-order valence-corrected chi connectivity index (χ4v) is 3.93. The van der Waals surface area contributed by atoms with E-state index in [9.17, 15) is 8.78 Å². The second-order valence-electron chi connectivity index (χ2n) is 7.24. The number of rotatable bonds is 5. The summed E-state index contributed by atoms with van der Waals surface area (Å²) in [5.74, 6) is 0.311. The molecule has 28 heavy (non-hydrogen) atoms. The molecule has 6 heteroatoms. The van der Waals surface area contributed by atoms with Gasteiger partial charge in [0.2, 0.25) is 0 Å². The molecule has 1 fully saturated rings. The second kappa shape index (κ2) is 8.10. The smallest absolute Gasteiger partial charge is 0.131 e. The molecule has 1 aromatic heterocycles. The molecule has 0 spiro atoms. The molecule has 4 rings (SSSR count). The highest BCUT2D eigenvalue weighted by atomic mass is 19.1. The van der Waals surface area contributed by atoms with Gasteiger partial charge in [-0.1, -0.05) is 18.2 Å². The van der Waals surface area contributed by atoms with Crippen molar-refractivity contribution < 1.29 is 13.5 Å². The number of hydrogen-bond donors (Lipinski definition) is 1. The van der Waals surface area contributed by atoms with Gasteiger partial charge in [0.05, 0.1) is 13.3 Å². The van der Waals surface area contributed by atoms with Crippen LogP contribution in [0.5, 0.6) is 5.75 Å². The molecule has 0 amide bonds. The van der Waals surface area contributed by atoms with E-state index in [2.05, 4.69) is 15.1 Å². The quantitative estimate of drug-likeness (QED) is 0.692. The van der Waals surface area contributed by atoms with E-state index < -0.39 is 0 Å². The van der Waals surface area contributed by atoms with Crippen molar-refractivity contribution in [1.82, 2.24) is 15.1 Å². The van der Waals surface area contributed by atoms with E-state index in [0.29, 0.717) is 17.9 Å². The van der Waals surface area contributed by atoms with E-state index >= 15 is 0 Å². The standard InChI is InChI=1S/C22H23F2N3O/c1-28-19-9-6-16(21(24)11-19)13-27-10-2-3-17(14-27)22-20(12-25-26-22)15-4-7-18(23)8-5-15/h4-9,11-12,17H,2-3,10,13-14H2,1H3,(H,25,26). The lowest BCUT2D eigenvalue weighted by Gasteiger charge is -2.32. The lowest BCUT2D eigenvalue weighted by Crippen LogP contribution is -2.34. The Balaban J connectivity index is 1.50. The van der Waals surface area contributed by atoms with Gasteiger partial charge in [0.15, 0.2) is 0 Å². The molecule has 1 aliphatic rings. The zero-order chi connectivity index (χ0) is 19.5. The molecule has 1 aliphatic heterocycles. The highest BCUT2D eigenvalue weighted by molar-refractivity contribution is 5.65. The van der Waals surface area contributed by atoms with Crippen LogP contribution >= 0.6 is 0 Å². The monoisotopic (exact) mass is 383 g/mol. The maximum absolute atomic E-state index is 14.3. The van der Waals surface area contributed by atoms with Crippen LogP contribution in [0.4, 0.5) is 8.78 Å². The Kier molecular flexibility index (Phi) is 5.39. The number of nitrogens with zero attached hydrogens (tertiary/aromatic N) is 2. The summed E-state index contributed by atoms with van der Waals surface area (Å²) in [7, 11) is 1.53. The highest BCUT2D eigenvalue weighted by Crippen LogP contribution is 2.33. The number of H-pyrrole nitrogens is 1. The van der Waals surface area contributed by atoms with E-state index in [4.69, 9.17) is 4.74 Å². The van der Waals surface area contributed by atoms with Crippen molar-refractivity contribution in [1.29, 1.82) is 0 Å².